The standard InChI is InChI=1S/C34H26Cl2F3N3O2S.C3H8/c1-3-42-20-31(28-6-4-5-24(35)18-30(28)36)40-32(42)17-21-7-9-22(10-8-21)23-11-13-25(14-12-23)44-26-15-16-27(33(43)41-45-2)29(19-26)34(37,38)39;1-3-2/h4,6-16,18-20H,3,17H2,1-2H3,(H,41,43);3H2,1-2H3. The van der Waals surface area contributed by atoms with Crippen LogP contribution < -0.4 is 9.46 Å². The molecule has 0 aliphatic heterocycles. The summed E-state index contributed by atoms with van der Waals surface area (Å²) < 4.78 is 51.1. The number of nitrogens with zero attached hydrogens (tertiary/aromatic N) is 2. The van der Waals surface area contributed by atoms with Gasteiger partial charge in [0, 0.05) is 31.0 Å². The Bertz CT molecular complexity index is 1870. The maximum absolute atomic E-state index is 13.7. The number of carbonyl (C=O) groups excluding carboxylic acids is 1. The van der Waals surface area contributed by atoms with Gasteiger partial charge in [-0.3, -0.25) is 9.52 Å². The molecule has 1 amide bonds. The van der Waals surface area contributed by atoms with Crippen LogP contribution in [0.5, 0.6) is 11.5 Å². The van der Waals surface area contributed by atoms with E-state index in [0.717, 1.165) is 64.4 Å². The molecule has 0 saturated heterocycles. The number of hydrogen-bond acceptors (Lipinski definition) is 4. The molecule has 48 heavy (non-hydrogen) atoms. The van der Waals surface area contributed by atoms with E-state index in [1.165, 1.54) is 12.5 Å². The number of alkyl halides is 3. The van der Waals surface area contributed by atoms with Crippen LogP contribution in [0.1, 0.15) is 60.2 Å². The van der Waals surface area contributed by atoms with Crippen LogP contribution in [0.4, 0.5) is 13.2 Å². The van der Waals surface area contributed by atoms with E-state index in [2.05, 4.69) is 35.8 Å². The number of aromatic nitrogens is 2. The Morgan fingerprint density at radius 1 is 0.979 bits per heavy atom. The summed E-state index contributed by atoms with van der Waals surface area (Å²) in [6.45, 7) is 7.05. The third-order valence-corrected chi connectivity index (χ3v) is 7.85. The maximum atomic E-state index is 13.7. The molecule has 11 heteroatoms. The van der Waals surface area contributed by atoms with E-state index in [0.29, 0.717) is 22.2 Å². The zero-order valence-electron chi connectivity index (χ0n) is 26.8. The van der Waals surface area contributed by atoms with Crippen molar-refractivity contribution in [1.29, 1.82) is 0 Å². The fraction of sp³-hybridized carbons (Fsp3) is 0.216. The number of imidazole rings is 1. The minimum atomic E-state index is -4.72. The first-order chi connectivity index (χ1) is 23.0. The molecule has 0 bridgehead atoms. The van der Waals surface area contributed by atoms with Crippen molar-refractivity contribution < 1.29 is 22.7 Å². The average molecular weight is 713 g/mol. The van der Waals surface area contributed by atoms with E-state index in [1.807, 2.05) is 48.7 Å². The number of carbonyl (C=O) groups is 1. The van der Waals surface area contributed by atoms with Crippen LogP contribution in [-0.4, -0.2) is 21.7 Å². The van der Waals surface area contributed by atoms with Crippen molar-refractivity contribution in [3.63, 3.8) is 0 Å². The Hall–Kier alpha value is -4.14. The highest BCUT2D eigenvalue weighted by Gasteiger charge is 2.36. The molecule has 1 N–H and O–H groups in total. The van der Waals surface area contributed by atoms with Crippen LogP contribution in [0, 0.1) is 0 Å². The van der Waals surface area contributed by atoms with Gasteiger partial charge >= 0.3 is 6.18 Å². The molecule has 0 spiro atoms. The summed E-state index contributed by atoms with van der Waals surface area (Å²) in [5.74, 6) is 0.401. The molecule has 0 saturated carbocycles. The summed E-state index contributed by atoms with van der Waals surface area (Å²) in [7, 11) is 0. The normalized spacial score (nSPS) is 12.6. The zero-order chi connectivity index (χ0) is 34.8. The molecule has 4 aromatic rings. The number of ether oxygens (including phenoxy) is 1. The summed E-state index contributed by atoms with van der Waals surface area (Å²) in [6.07, 6.45) is 5.89. The molecule has 0 unspecified atom stereocenters. The predicted molar refractivity (Wildman–Crippen MR) is 190 cm³/mol. The average Bonchev–Trinajstić information content (AvgIpc) is 3.37. The molecule has 1 aliphatic rings. The first-order valence-electron chi connectivity index (χ1n) is 15.2. The summed E-state index contributed by atoms with van der Waals surface area (Å²) in [6, 6.07) is 18.4. The Kier molecular flexibility index (Phi) is 12.8. The van der Waals surface area contributed by atoms with Gasteiger partial charge in [-0.15, -0.1) is 5.73 Å². The minimum Gasteiger partial charge on any atom is -0.457 e. The van der Waals surface area contributed by atoms with Gasteiger partial charge in [-0.1, -0.05) is 91.8 Å². The molecule has 1 heterocycles. The minimum absolute atomic E-state index is 0.0284. The van der Waals surface area contributed by atoms with Gasteiger partial charge in [0.05, 0.1) is 26.9 Å². The number of halogens is 5. The van der Waals surface area contributed by atoms with Crippen molar-refractivity contribution in [3.05, 3.63) is 135 Å². The van der Waals surface area contributed by atoms with Crippen LogP contribution in [0.2, 0.25) is 0 Å². The predicted octanol–water partition coefficient (Wildman–Crippen LogP) is 11.2. The fourth-order valence-corrected chi connectivity index (χ4v) is 5.53. The van der Waals surface area contributed by atoms with Crippen molar-refractivity contribution in [2.24, 2.45) is 0 Å². The third-order valence-electron chi connectivity index (χ3n) is 6.93. The lowest BCUT2D eigenvalue weighted by Crippen LogP contribution is -2.20. The van der Waals surface area contributed by atoms with Gasteiger partial charge in [0.15, 0.2) is 0 Å². The van der Waals surface area contributed by atoms with Crippen LogP contribution >= 0.6 is 35.1 Å². The van der Waals surface area contributed by atoms with E-state index < -0.39 is 23.2 Å². The number of hydrogen-bond donors (Lipinski definition) is 1. The molecular formula is C37H34Cl2F3N3O2S. The van der Waals surface area contributed by atoms with E-state index in [-0.39, 0.29) is 5.75 Å². The molecule has 1 aromatic heterocycles. The van der Waals surface area contributed by atoms with E-state index in [1.54, 1.807) is 30.5 Å². The quantitative estimate of drug-likeness (QED) is 0.139. The third kappa shape index (κ3) is 9.48. The number of nitrogens with one attached hydrogen (secondary N) is 1. The molecule has 3 aromatic carbocycles. The molecule has 5 nitrogen and oxygen atoms in total. The monoisotopic (exact) mass is 711 g/mol. The van der Waals surface area contributed by atoms with Gasteiger partial charge in [0.2, 0.25) is 0 Å². The van der Waals surface area contributed by atoms with E-state index in [4.69, 9.17) is 32.9 Å². The van der Waals surface area contributed by atoms with Gasteiger partial charge in [0.25, 0.3) is 5.91 Å². The van der Waals surface area contributed by atoms with Crippen molar-refractivity contribution in [3.8, 4) is 22.6 Å². The number of rotatable bonds is 9. The lowest BCUT2D eigenvalue weighted by Gasteiger charge is -2.14. The fourth-order valence-electron chi connectivity index (χ4n) is 4.74. The summed E-state index contributed by atoms with van der Waals surface area (Å²) in [5, 5.41) is 0.917. The molecule has 0 radical (unpaired) electrons. The summed E-state index contributed by atoms with van der Waals surface area (Å²) >= 11 is 13.5. The second kappa shape index (κ2) is 16.8. The lowest BCUT2D eigenvalue weighted by molar-refractivity contribution is -0.138. The van der Waals surface area contributed by atoms with Crippen molar-refractivity contribution in [1.82, 2.24) is 14.3 Å². The number of amides is 1. The molecule has 250 valence electrons. The Morgan fingerprint density at radius 3 is 2.21 bits per heavy atom. The summed E-state index contributed by atoms with van der Waals surface area (Å²) in [4.78, 5) is 16.9. The van der Waals surface area contributed by atoms with Gasteiger partial charge in [-0.2, -0.15) is 13.2 Å². The molecule has 0 fully saturated rings. The smallest absolute Gasteiger partial charge is 0.417 e. The highest BCUT2D eigenvalue weighted by atomic mass is 35.5. The Morgan fingerprint density at radius 2 is 1.60 bits per heavy atom. The van der Waals surface area contributed by atoms with E-state index in [9.17, 15) is 18.0 Å². The zero-order valence-corrected chi connectivity index (χ0v) is 29.1. The van der Waals surface area contributed by atoms with Gasteiger partial charge in [0.1, 0.15) is 17.3 Å². The lowest BCUT2D eigenvalue weighted by atomic mass is 10.0. The number of allylic oxidation sites excluding steroid dienone is 5. The Balaban J connectivity index is 0.00000167. The number of benzene rings is 3. The molecule has 5 rings (SSSR count). The largest absolute Gasteiger partial charge is 0.457 e. The molecule has 1 aliphatic carbocycles. The number of aryl methyl sites for hydroxylation is 1. The highest BCUT2D eigenvalue weighted by molar-refractivity contribution is 7.97. The summed E-state index contributed by atoms with van der Waals surface area (Å²) in [5.41, 5.74) is 5.86. The highest BCUT2D eigenvalue weighted by Crippen LogP contribution is 2.36. The second-order valence-electron chi connectivity index (χ2n) is 10.6. The van der Waals surface area contributed by atoms with E-state index >= 15 is 0 Å². The first-order valence-corrected chi connectivity index (χ1v) is 17.1. The topological polar surface area (TPSA) is 56.2 Å². The van der Waals surface area contributed by atoms with Crippen LogP contribution in [0.15, 0.2) is 107 Å². The van der Waals surface area contributed by atoms with Crippen molar-refractivity contribution in [2.45, 2.75) is 46.3 Å². The van der Waals surface area contributed by atoms with Crippen molar-refractivity contribution in [2.75, 3.05) is 6.26 Å². The van der Waals surface area contributed by atoms with Crippen LogP contribution in [0.25, 0.3) is 16.7 Å². The second-order valence-corrected chi connectivity index (χ2v) is 12.0. The Labute approximate surface area is 293 Å². The molecule has 0 atom stereocenters. The van der Waals surface area contributed by atoms with Gasteiger partial charge in [-0.05, 0) is 72.2 Å². The van der Waals surface area contributed by atoms with Crippen molar-refractivity contribution >= 4 is 46.6 Å². The molecular weight excluding hydrogens is 678 g/mol. The van der Waals surface area contributed by atoms with Crippen LogP contribution in [-0.2, 0) is 19.1 Å². The first kappa shape index (κ1) is 36.7. The van der Waals surface area contributed by atoms with Gasteiger partial charge < -0.3 is 9.30 Å². The SMILES string of the molecule is CCC.CCn1cc(C2=CC=C=C(Cl)C=C2Cl)nc1Cc1ccc(-c2ccc(Oc3ccc(C(=O)NSC)c(C(F)(F)F)c3)cc2)cc1. The van der Waals surface area contributed by atoms with Crippen LogP contribution in [0.3, 0.4) is 0 Å². The maximum Gasteiger partial charge on any atom is 0.417 e. The van der Waals surface area contributed by atoms with Gasteiger partial charge in [-0.25, -0.2) is 4.98 Å².